The van der Waals surface area contributed by atoms with Crippen LogP contribution in [0.15, 0.2) is 84.9 Å². The number of hydrogen-bond acceptors (Lipinski definition) is 0. The summed E-state index contributed by atoms with van der Waals surface area (Å²) in [4.78, 5) is 0. The third-order valence-corrected chi connectivity index (χ3v) is 7.31. The molecule has 6 rings (SSSR count). The summed E-state index contributed by atoms with van der Waals surface area (Å²) in [6, 6.07) is 31.6. The van der Waals surface area contributed by atoms with E-state index >= 15 is 0 Å². The molecule has 1 unspecified atom stereocenters. The molecule has 0 fully saturated rings. The molecule has 0 N–H and O–H groups in total. The largest absolute Gasteiger partial charge is 0.0619 e. The molecule has 0 nitrogen and oxygen atoms in total. The molecule has 0 bridgehead atoms. The highest BCUT2D eigenvalue weighted by Gasteiger charge is 2.38. The van der Waals surface area contributed by atoms with E-state index in [9.17, 15) is 0 Å². The van der Waals surface area contributed by atoms with Gasteiger partial charge in [0, 0.05) is 5.41 Å². The number of rotatable bonds is 0. The van der Waals surface area contributed by atoms with E-state index in [1.54, 1.807) is 0 Å². The molecule has 0 heterocycles. The number of fused-ring (bicyclic) bond motifs is 5. The van der Waals surface area contributed by atoms with Crippen LogP contribution in [0.5, 0.6) is 0 Å². The summed E-state index contributed by atoms with van der Waals surface area (Å²) in [5.74, 6) is 0.503. The molecule has 0 aromatic heterocycles. The van der Waals surface area contributed by atoms with Crippen molar-refractivity contribution in [3.05, 3.63) is 118 Å². The van der Waals surface area contributed by atoms with Crippen molar-refractivity contribution in [3.63, 3.8) is 0 Å². The molecule has 1 atom stereocenters. The number of hydrogen-bond donors (Lipinski definition) is 0. The molecule has 0 saturated carbocycles. The van der Waals surface area contributed by atoms with Crippen LogP contribution in [0, 0.1) is 5.92 Å². The third kappa shape index (κ3) is 2.28. The second kappa shape index (κ2) is 6.19. The van der Waals surface area contributed by atoms with E-state index in [0.29, 0.717) is 5.92 Å². The van der Waals surface area contributed by atoms with Gasteiger partial charge in [0.05, 0.1) is 0 Å². The predicted octanol–water partition coefficient (Wildman–Crippen LogP) is 7.63. The highest BCUT2D eigenvalue weighted by Crippen LogP contribution is 2.53. The van der Waals surface area contributed by atoms with Crippen LogP contribution in [0.25, 0.3) is 21.9 Å². The monoisotopic (exact) mass is 386 g/mol. The van der Waals surface area contributed by atoms with Crippen molar-refractivity contribution >= 4 is 21.9 Å². The third-order valence-electron chi connectivity index (χ3n) is 7.31. The quantitative estimate of drug-likeness (QED) is 0.291. The van der Waals surface area contributed by atoms with Crippen LogP contribution in [-0.4, -0.2) is 0 Å². The zero-order valence-corrected chi connectivity index (χ0v) is 17.9. The van der Waals surface area contributed by atoms with Crippen LogP contribution in [0.2, 0.25) is 0 Å². The summed E-state index contributed by atoms with van der Waals surface area (Å²) in [5.41, 5.74) is 11.6. The fraction of sp³-hybridized carbons (Fsp3) is 0.200. The molecule has 4 aromatic rings. The summed E-state index contributed by atoms with van der Waals surface area (Å²) >= 11 is 0. The lowest BCUT2D eigenvalue weighted by Crippen LogP contribution is -2.27. The molecule has 0 heteroatoms. The second-order valence-corrected chi connectivity index (χ2v) is 9.43. The van der Waals surface area contributed by atoms with Gasteiger partial charge in [-0.05, 0) is 67.6 Å². The summed E-state index contributed by atoms with van der Waals surface area (Å²) in [7, 11) is 0. The number of benzene rings is 4. The fourth-order valence-corrected chi connectivity index (χ4v) is 5.93. The molecule has 0 radical (unpaired) electrons. The van der Waals surface area contributed by atoms with Gasteiger partial charge in [-0.1, -0.05) is 106 Å². The maximum Gasteiger partial charge on any atom is 0.0158 e. The zero-order chi connectivity index (χ0) is 20.5. The van der Waals surface area contributed by atoms with E-state index in [1.165, 1.54) is 55.3 Å². The Morgan fingerprint density at radius 1 is 0.700 bits per heavy atom. The van der Waals surface area contributed by atoms with E-state index in [4.69, 9.17) is 0 Å². The average Bonchev–Trinajstić information content (AvgIpc) is 3.10. The Labute approximate surface area is 178 Å². The van der Waals surface area contributed by atoms with Crippen LogP contribution in [-0.2, 0) is 11.8 Å². The van der Waals surface area contributed by atoms with E-state index in [2.05, 4.69) is 106 Å². The number of allylic oxidation sites excluding steroid dienone is 1. The molecule has 2 aliphatic rings. The highest BCUT2D eigenvalue weighted by molar-refractivity contribution is 6.09. The first-order valence-electron chi connectivity index (χ1n) is 11.0. The minimum atomic E-state index is 0.000670. The van der Waals surface area contributed by atoms with Crippen molar-refractivity contribution in [2.24, 2.45) is 5.92 Å². The van der Waals surface area contributed by atoms with Gasteiger partial charge >= 0.3 is 0 Å². The molecule has 4 aromatic carbocycles. The minimum Gasteiger partial charge on any atom is -0.0619 e. The summed E-state index contributed by atoms with van der Waals surface area (Å²) < 4.78 is 0. The van der Waals surface area contributed by atoms with Gasteiger partial charge in [-0.15, -0.1) is 0 Å². The lowest BCUT2D eigenvalue weighted by Gasteiger charge is -2.37. The van der Waals surface area contributed by atoms with E-state index < -0.39 is 0 Å². The van der Waals surface area contributed by atoms with Gasteiger partial charge in [-0.25, -0.2) is 0 Å². The second-order valence-electron chi connectivity index (χ2n) is 9.43. The molecular weight excluding hydrogens is 360 g/mol. The molecule has 146 valence electrons. The Morgan fingerprint density at radius 3 is 2.00 bits per heavy atom. The van der Waals surface area contributed by atoms with Crippen molar-refractivity contribution in [1.82, 2.24) is 0 Å². The van der Waals surface area contributed by atoms with Crippen molar-refractivity contribution in [3.8, 4) is 0 Å². The molecule has 0 aliphatic heterocycles. The van der Waals surface area contributed by atoms with Gasteiger partial charge < -0.3 is 0 Å². The molecule has 0 saturated heterocycles. The van der Waals surface area contributed by atoms with Crippen molar-refractivity contribution in [2.75, 3.05) is 0 Å². The van der Waals surface area contributed by atoms with Crippen LogP contribution in [0.3, 0.4) is 0 Å². The Bertz CT molecular complexity index is 1300. The average molecular weight is 387 g/mol. The molecule has 0 spiro atoms. The first kappa shape index (κ1) is 17.7. The highest BCUT2D eigenvalue weighted by atomic mass is 14.4. The first-order valence-corrected chi connectivity index (χ1v) is 11.0. The van der Waals surface area contributed by atoms with Crippen LogP contribution in [0.4, 0.5) is 0 Å². The van der Waals surface area contributed by atoms with E-state index in [0.717, 1.165) is 6.42 Å². The van der Waals surface area contributed by atoms with Gasteiger partial charge in [0.2, 0.25) is 0 Å². The standard InChI is InChI=1S/C30H26/c1-19-18-21-17-16-20-10-4-5-11-22(20)28(21)27(19)29-23-12-6-8-14-25(23)30(2,3)26-15-9-7-13-24(26)29/h4-17,19H,18H2,1-3H3. The maximum absolute atomic E-state index is 2.40. The van der Waals surface area contributed by atoms with Gasteiger partial charge in [0.25, 0.3) is 0 Å². The fourth-order valence-electron chi connectivity index (χ4n) is 5.93. The lowest BCUT2D eigenvalue weighted by molar-refractivity contribution is 0.630. The van der Waals surface area contributed by atoms with E-state index in [-0.39, 0.29) is 5.41 Å². The van der Waals surface area contributed by atoms with Crippen LogP contribution in [0.1, 0.15) is 54.2 Å². The normalized spacial score (nSPS) is 18.8. The van der Waals surface area contributed by atoms with E-state index in [1.807, 2.05) is 0 Å². The van der Waals surface area contributed by atoms with Crippen LogP contribution < -0.4 is 0 Å². The SMILES string of the molecule is CC1Cc2ccc3ccccc3c2C1=C1c2ccccc2C(C)(C)c2ccccc21. The lowest BCUT2D eigenvalue weighted by atomic mass is 9.66. The summed E-state index contributed by atoms with van der Waals surface area (Å²) in [5, 5.41) is 2.72. The first-order chi connectivity index (χ1) is 14.6. The maximum atomic E-state index is 2.40. The van der Waals surface area contributed by atoms with Gasteiger partial charge in [0.15, 0.2) is 0 Å². The van der Waals surface area contributed by atoms with Crippen molar-refractivity contribution < 1.29 is 0 Å². The van der Waals surface area contributed by atoms with Gasteiger partial charge in [-0.2, -0.15) is 0 Å². The molecular formula is C30H26. The molecule has 0 amide bonds. The van der Waals surface area contributed by atoms with Gasteiger partial charge in [0.1, 0.15) is 0 Å². The minimum absolute atomic E-state index is 0.000670. The predicted molar refractivity (Wildman–Crippen MR) is 128 cm³/mol. The Morgan fingerprint density at radius 2 is 1.30 bits per heavy atom. The zero-order valence-electron chi connectivity index (χ0n) is 17.9. The van der Waals surface area contributed by atoms with Gasteiger partial charge in [-0.3, -0.25) is 0 Å². The van der Waals surface area contributed by atoms with Crippen molar-refractivity contribution in [1.29, 1.82) is 0 Å². The summed E-state index contributed by atoms with van der Waals surface area (Å²) in [6.07, 6.45) is 1.12. The Hall–Kier alpha value is -3.12. The molecule has 30 heavy (non-hydrogen) atoms. The van der Waals surface area contributed by atoms with Crippen molar-refractivity contribution in [2.45, 2.75) is 32.6 Å². The topological polar surface area (TPSA) is 0 Å². The summed E-state index contributed by atoms with van der Waals surface area (Å²) in [6.45, 7) is 7.14. The Balaban J connectivity index is 1.79. The van der Waals surface area contributed by atoms with Crippen LogP contribution >= 0.6 is 0 Å². The molecule has 2 aliphatic carbocycles. The smallest absolute Gasteiger partial charge is 0.0158 e. The Kier molecular flexibility index (Phi) is 3.65.